The first-order valence-corrected chi connectivity index (χ1v) is 10.0. The van der Waals surface area contributed by atoms with Crippen LogP contribution in [0.5, 0.6) is 0 Å². The average molecular weight is 426 g/mol. The molecule has 27 heavy (non-hydrogen) atoms. The van der Waals surface area contributed by atoms with E-state index in [2.05, 4.69) is 93.0 Å². The lowest BCUT2D eigenvalue weighted by Gasteiger charge is -2.21. The summed E-state index contributed by atoms with van der Waals surface area (Å²) >= 11 is 3.65. The number of anilines is 1. The zero-order valence-corrected chi connectivity index (χ0v) is 17.5. The number of rotatable bonds is 4. The normalized spacial score (nSPS) is 16.0. The molecule has 0 saturated carbocycles. The van der Waals surface area contributed by atoms with E-state index < -0.39 is 0 Å². The third-order valence-electron chi connectivity index (χ3n) is 4.94. The van der Waals surface area contributed by atoms with Crippen LogP contribution in [0.2, 0.25) is 0 Å². The van der Waals surface area contributed by atoms with Crippen molar-refractivity contribution in [2.75, 3.05) is 19.4 Å². The molecule has 0 bridgehead atoms. The third-order valence-corrected chi connectivity index (χ3v) is 5.44. The minimum atomic E-state index is 0.216. The molecule has 3 aromatic rings. The Bertz CT molecular complexity index is 963. The molecule has 0 aliphatic carbocycles. The summed E-state index contributed by atoms with van der Waals surface area (Å²) in [6.07, 6.45) is 0.956. The van der Waals surface area contributed by atoms with Gasteiger partial charge in [-0.25, -0.2) is 4.68 Å². The number of nitrogens with zero attached hydrogens (tertiary/aromatic N) is 4. The van der Waals surface area contributed by atoms with Gasteiger partial charge in [-0.3, -0.25) is 0 Å². The van der Waals surface area contributed by atoms with Crippen molar-refractivity contribution < 1.29 is 0 Å². The Morgan fingerprint density at radius 3 is 2.89 bits per heavy atom. The van der Waals surface area contributed by atoms with Gasteiger partial charge in [-0.2, -0.15) is 0 Å². The van der Waals surface area contributed by atoms with Crippen molar-refractivity contribution in [2.24, 2.45) is 0 Å². The highest BCUT2D eigenvalue weighted by Gasteiger charge is 2.25. The highest BCUT2D eigenvalue weighted by atomic mass is 79.9. The lowest BCUT2D eigenvalue weighted by Crippen LogP contribution is -2.14. The van der Waals surface area contributed by atoms with Gasteiger partial charge in [0.1, 0.15) is 0 Å². The maximum Gasteiger partial charge on any atom is 0.0918 e. The minimum Gasteiger partial charge on any atom is -0.378 e. The van der Waals surface area contributed by atoms with Crippen molar-refractivity contribution in [3.8, 4) is 11.3 Å². The zero-order valence-electron chi connectivity index (χ0n) is 15.9. The van der Waals surface area contributed by atoms with E-state index in [-0.39, 0.29) is 6.04 Å². The van der Waals surface area contributed by atoms with Crippen LogP contribution < -0.4 is 5.32 Å². The fourth-order valence-electron chi connectivity index (χ4n) is 3.81. The maximum atomic E-state index is 4.35. The minimum absolute atomic E-state index is 0.216. The van der Waals surface area contributed by atoms with E-state index in [1.165, 1.54) is 16.7 Å². The first-order valence-electron chi connectivity index (χ1n) is 9.21. The fraction of sp³-hybridized carbons (Fsp3) is 0.333. The second kappa shape index (κ2) is 7.44. The van der Waals surface area contributed by atoms with Crippen LogP contribution in [0.25, 0.3) is 11.3 Å². The molecule has 1 unspecified atom stereocenters. The van der Waals surface area contributed by atoms with Crippen LogP contribution in [0.3, 0.4) is 0 Å². The van der Waals surface area contributed by atoms with Crippen LogP contribution in [0.1, 0.15) is 29.3 Å². The summed E-state index contributed by atoms with van der Waals surface area (Å²) in [6.45, 7) is 3.81. The van der Waals surface area contributed by atoms with Crippen molar-refractivity contribution in [2.45, 2.75) is 32.5 Å². The average Bonchev–Trinajstić information content (AvgIpc) is 2.91. The first kappa shape index (κ1) is 18.2. The number of hydrogen-bond donors (Lipinski definition) is 1. The predicted octanol–water partition coefficient (Wildman–Crippen LogP) is 4.63. The summed E-state index contributed by atoms with van der Waals surface area (Å²) in [6, 6.07) is 15.4. The Hall–Kier alpha value is -2.18. The van der Waals surface area contributed by atoms with Gasteiger partial charge in [0.05, 0.1) is 17.4 Å². The van der Waals surface area contributed by atoms with Crippen LogP contribution in [0, 0.1) is 6.92 Å². The molecule has 5 nitrogen and oxygen atoms in total. The fourth-order valence-corrected chi connectivity index (χ4v) is 4.19. The molecule has 140 valence electrons. The topological polar surface area (TPSA) is 46.0 Å². The van der Waals surface area contributed by atoms with Gasteiger partial charge in [0.25, 0.3) is 0 Å². The second-order valence-corrected chi connectivity index (χ2v) is 8.32. The van der Waals surface area contributed by atoms with Gasteiger partial charge in [0.2, 0.25) is 0 Å². The van der Waals surface area contributed by atoms with Crippen LogP contribution in [-0.2, 0) is 13.1 Å². The predicted molar refractivity (Wildman–Crippen MR) is 113 cm³/mol. The SMILES string of the molecule is Cc1nnn2c1-c1ccc(Br)cc1C(Nc1cccc(CN(C)C)c1)CC2. The molecule has 2 aromatic carbocycles. The van der Waals surface area contributed by atoms with E-state index in [0.717, 1.165) is 41.1 Å². The highest BCUT2D eigenvalue weighted by molar-refractivity contribution is 9.10. The van der Waals surface area contributed by atoms with E-state index >= 15 is 0 Å². The number of nitrogens with one attached hydrogen (secondary N) is 1. The summed E-state index contributed by atoms with van der Waals surface area (Å²) in [5.74, 6) is 0. The number of halogens is 1. The van der Waals surface area contributed by atoms with Crippen LogP contribution in [0.4, 0.5) is 5.69 Å². The van der Waals surface area contributed by atoms with E-state index in [1.807, 2.05) is 11.6 Å². The maximum absolute atomic E-state index is 4.35. The third kappa shape index (κ3) is 3.77. The second-order valence-electron chi connectivity index (χ2n) is 7.40. The molecule has 1 N–H and O–H groups in total. The molecule has 1 aliphatic rings. The molecule has 2 heterocycles. The van der Waals surface area contributed by atoms with Crippen LogP contribution >= 0.6 is 15.9 Å². The summed E-state index contributed by atoms with van der Waals surface area (Å²) in [5.41, 5.74) is 7.06. The van der Waals surface area contributed by atoms with Gasteiger partial charge < -0.3 is 10.2 Å². The number of hydrogen-bond acceptors (Lipinski definition) is 4. The molecule has 0 fully saturated rings. The zero-order chi connectivity index (χ0) is 19.0. The Kier molecular flexibility index (Phi) is 5.02. The largest absolute Gasteiger partial charge is 0.378 e. The van der Waals surface area contributed by atoms with Crippen molar-refractivity contribution in [3.05, 3.63) is 63.8 Å². The van der Waals surface area contributed by atoms with Crippen molar-refractivity contribution in [1.29, 1.82) is 0 Å². The van der Waals surface area contributed by atoms with E-state index in [9.17, 15) is 0 Å². The van der Waals surface area contributed by atoms with Crippen molar-refractivity contribution >= 4 is 21.6 Å². The van der Waals surface area contributed by atoms with Gasteiger partial charge in [0.15, 0.2) is 0 Å². The Morgan fingerprint density at radius 1 is 1.22 bits per heavy atom. The molecular weight excluding hydrogens is 402 g/mol. The molecule has 6 heteroatoms. The summed E-state index contributed by atoms with van der Waals surface area (Å²) in [5, 5.41) is 12.4. The summed E-state index contributed by atoms with van der Waals surface area (Å²) < 4.78 is 3.12. The van der Waals surface area contributed by atoms with E-state index in [1.54, 1.807) is 0 Å². The van der Waals surface area contributed by atoms with Gasteiger partial charge in [-0.05, 0) is 62.8 Å². The molecule has 0 spiro atoms. The monoisotopic (exact) mass is 425 g/mol. The smallest absolute Gasteiger partial charge is 0.0918 e. The van der Waals surface area contributed by atoms with Crippen LogP contribution in [-0.4, -0.2) is 34.0 Å². The Morgan fingerprint density at radius 2 is 2.07 bits per heavy atom. The number of fused-ring (bicyclic) bond motifs is 3. The molecule has 0 amide bonds. The lowest BCUT2D eigenvalue weighted by atomic mass is 9.96. The van der Waals surface area contributed by atoms with Crippen LogP contribution in [0.15, 0.2) is 46.9 Å². The standard InChI is InChI=1S/C21H24BrN5/c1-14-21-18-8-7-16(22)12-19(18)20(9-10-27(21)25-24-14)23-17-6-4-5-15(11-17)13-26(2)3/h4-8,11-12,20,23H,9-10,13H2,1-3H3. The van der Waals surface area contributed by atoms with Gasteiger partial charge in [-0.15, -0.1) is 5.10 Å². The van der Waals surface area contributed by atoms with Gasteiger partial charge in [-0.1, -0.05) is 39.3 Å². The quantitative estimate of drug-likeness (QED) is 0.661. The van der Waals surface area contributed by atoms with Gasteiger partial charge in [0, 0.05) is 28.8 Å². The summed E-state index contributed by atoms with van der Waals surface area (Å²) in [4.78, 5) is 2.19. The van der Waals surface area contributed by atoms with E-state index in [0.29, 0.717) is 0 Å². The number of benzene rings is 2. The Balaban J connectivity index is 1.70. The molecule has 0 saturated heterocycles. The first-order chi connectivity index (χ1) is 13.0. The molecule has 1 aromatic heterocycles. The molecule has 4 rings (SSSR count). The highest BCUT2D eigenvalue weighted by Crippen LogP contribution is 2.38. The summed E-state index contributed by atoms with van der Waals surface area (Å²) in [7, 11) is 4.19. The lowest BCUT2D eigenvalue weighted by molar-refractivity contribution is 0.402. The van der Waals surface area contributed by atoms with Crippen molar-refractivity contribution in [1.82, 2.24) is 19.9 Å². The van der Waals surface area contributed by atoms with Crippen molar-refractivity contribution in [3.63, 3.8) is 0 Å². The Labute approximate surface area is 168 Å². The molecular formula is C21H24BrN5. The number of aromatic nitrogens is 3. The molecule has 1 aliphatic heterocycles. The number of aryl methyl sites for hydroxylation is 2. The van der Waals surface area contributed by atoms with E-state index in [4.69, 9.17) is 0 Å². The van der Waals surface area contributed by atoms with Gasteiger partial charge >= 0.3 is 0 Å². The molecule has 0 radical (unpaired) electrons. The molecule has 1 atom stereocenters.